The van der Waals surface area contributed by atoms with Crippen molar-refractivity contribution in [2.24, 2.45) is 0 Å². The minimum absolute atomic E-state index is 0.322. The number of amides is 1. The molecule has 3 nitrogen and oxygen atoms in total. The van der Waals surface area contributed by atoms with Crippen LogP contribution in [0.5, 0.6) is 5.75 Å². The van der Waals surface area contributed by atoms with E-state index >= 15 is 0 Å². The molecule has 21 heavy (non-hydrogen) atoms. The summed E-state index contributed by atoms with van der Waals surface area (Å²) in [6.07, 6.45) is -4.73. The summed E-state index contributed by atoms with van der Waals surface area (Å²) in [7, 11) is 0. The second-order valence-electron chi connectivity index (χ2n) is 4.34. The molecular weight excluding hydrogens is 283 g/mol. The van der Waals surface area contributed by atoms with Crippen molar-refractivity contribution in [1.82, 2.24) is 0 Å². The summed E-state index contributed by atoms with van der Waals surface area (Å²) in [6, 6.07) is 12.0. The van der Waals surface area contributed by atoms with Gasteiger partial charge in [-0.3, -0.25) is 4.79 Å². The molecule has 0 aliphatic heterocycles. The van der Waals surface area contributed by atoms with Gasteiger partial charge in [0, 0.05) is 11.3 Å². The molecule has 0 radical (unpaired) electrons. The number of alkyl halides is 3. The molecule has 2 aromatic rings. The number of carbonyl (C=O) groups is 1. The van der Waals surface area contributed by atoms with Gasteiger partial charge in [0.05, 0.1) is 0 Å². The van der Waals surface area contributed by atoms with Gasteiger partial charge >= 0.3 is 6.36 Å². The third-order valence-corrected chi connectivity index (χ3v) is 2.74. The Hall–Kier alpha value is -2.50. The van der Waals surface area contributed by atoms with Gasteiger partial charge in [0.15, 0.2) is 0 Å². The minimum Gasteiger partial charge on any atom is -0.406 e. The topological polar surface area (TPSA) is 38.3 Å². The molecule has 0 aromatic heterocycles. The molecule has 0 fully saturated rings. The highest BCUT2D eigenvalue weighted by atomic mass is 19.4. The van der Waals surface area contributed by atoms with Crippen LogP contribution in [0.3, 0.4) is 0 Å². The first kappa shape index (κ1) is 14.9. The average Bonchev–Trinajstić information content (AvgIpc) is 2.40. The summed E-state index contributed by atoms with van der Waals surface area (Å²) in [5, 5.41) is 2.61. The first-order valence-corrected chi connectivity index (χ1v) is 6.08. The molecule has 0 aliphatic carbocycles. The zero-order valence-corrected chi connectivity index (χ0v) is 11.1. The Bertz CT molecular complexity index is 636. The molecule has 0 saturated carbocycles. The second-order valence-corrected chi connectivity index (χ2v) is 4.34. The van der Waals surface area contributed by atoms with Crippen molar-refractivity contribution in [3.05, 3.63) is 59.7 Å². The molecule has 0 unspecified atom stereocenters. The fourth-order valence-corrected chi connectivity index (χ4v) is 1.77. The van der Waals surface area contributed by atoms with Crippen LogP contribution in [0, 0.1) is 6.92 Å². The van der Waals surface area contributed by atoms with Crippen molar-refractivity contribution in [3.8, 4) is 5.75 Å². The lowest BCUT2D eigenvalue weighted by Gasteiger charge is -2.10. The Morgan fingerprint density at radius 2 is 1.67 bits per heavy atom. The first-order valence-electron chi connectivity index (χ1n) is 6.08. The maximum Gasteiger partial charge on any atom is 0.573 e. The van der Waals surface area contributed by atoms with E-state index in [1.807, 2.05) is 6.07 Å². The summed E-state index contributed by atoms with van der Waals surface area (Å²) < 4.78 is 39.8. The molecule has 0 spiro atoms. The normalized spacial score (nSPS) is 11.0. The molecule has 2 aromatic carbocycles. The van der Waals surface area contributed by atoms with Gasteiger partial charge in [-0.05, 0) is 42.8 Å². The lowest BCUT2D eigenvalue weighted by molar-refractivity contribution is -0.274. The Labute approximate surface area is 119 Å². The lowest BCUT2D eigenvalue weighted by atomic mass is 10.1. The molecule has 0 bridgehead atoms. The smallest absolute Gasteiger partial charge is 0.406 e. The third kappa shape index (κ3) is 4.24. The number of rotatable bonds is 3. The predicted molar refractivity (Wildman–Crippen MR) is 72.3 cm³/mol. The van der Waals surface area contributed by atoms with Gasteiger partial charge < -0.3 is 10.1 Å². The highest BCUT2D eigenvalue weighted by Gasteiger charge is 2.30. The van der Waals surface area contributed by atoms with Crippen LogP contribution >= 0.6 is 0 Å². The third-order valence-electron chi connectivity index (χ3n) is 2.74. The van der Waals surface area contributed by atoms with E-state index in [4.69, 9.17) is 0 Å². The first-order chi connectivity index (χ1) is 9.85. The molecule has 0 aliphatic rings. The Morgan fingerprint density at radius 1 is 1.05 bits per heavy atom. The Kier molecular flexibility index (Phi) is 4.16. The number of aryl methyl sites for hydroxylation is 1. The van der Waals surface area contributed by atoms with Crippen molar-refractivity contribution < 1.29 is 22.7 Å². The van der Waals surface area contributed by atoms with Crippen LogP contribution < -0.4 is 10.1 Å². The summed E-state index contributed by atoms with van der Waals surface area (Å²) in [4.78, 5) is 12.0. The number of anilines is 1. The fourth-order valence-electron chi connectivity index (χ4n) is 1.77. The lowest BCUT2D eigenvalue weighted by Crippen LogP contribution is -2.17. The van der Waals surface area contributed by atoms with Crippen LogP contribution in [-0.4, -0.2) is 12.3 Å². The van der Waals surface area contributed by atoms with E-state index in [9.17, 15) is 18.0 Å². The summed E-state index contributed by atoms with van der Waals surface area (Å²) in [6.45, 7) is 1.80. The predicted octanol–water partition coefficient (Wildman–Crippen LogP) is 4.15. The second kappa shape index (κ2) is 5.87. The van der Waals surface area contributed by atoms with E-state index in [0.717, 1.165) is 17.7 Å². The molecule has 2 rings (SSSR count). The standard InChI is InChI=1S/C15H12F3NO2/c1-10-4-2-3-5-13(10)14(20)19-11-6-8-12(9-7-11)21-15(16,17)18/h2-9H,1H3,(H,19,20). The van der Waals surface area contributed by atoms with Crippen molar-refractivity contribution in [1.29, 1.82) is 0 Å². The molecule has 110 valence electrons. The van der Waals surface area contributed by atoms with E-state index in [0.29, 0.717) is 11.3 Å². The van der Waals surface area contributed by atoms with Crippen LogP contribution in [-0.2, 0) is 0 Å². The zero-order valence-electron chi connectivity index (χ0n) is 11.1. The molecular formula is C15H12F3NO2. The van der Waals surface area contributed by atoms with E-state index < -0.39 is 6.36 Å². The zero-order chi connectivity index (χ0) is 15.5. The molecule has 0 atom stereocenters. The van der Waals surface area contributed by atoms with Crippen molar-refractivity contribution in [2.45, 2.75) is 13.3 Å². The summed E-state index contributed by atoms with van der Waals surface area (Å²) >= 11 is 0. The van der Waals surface area contributed by atoms with E-state index in [1.165, 1.54) is 12.1 Å². The van der Waals surface area contributed by atoms with Crippen molar-refractivity contribution in [2.75, 3.05) is 5.32 Å². The quantitative estimate of drug-likeness (QED) is 0.924. The van der Waals surface area contributed by atoms with Gasteiger partial charge in [0.1, 0.15) is 5.75 Å². The minimum atomic E-state index is -4.73. The van der Waals surface area contributed by atoms with Crippen LogP contribution in [0.15, 0.2) is 48.5 Å². The highest BCUT2D eigenvalue weighted by molar-refractivity contribution is 6.05. The van der Waals surface area contributed by atoms with Gasteiger partial charge in [0.2, 0.25) is 0 Å². The molecule has 0 saturated heterocycles. The monoisotopic (exact) mass is 295 g/mol. The number of carbonyl (C=O) groups excluding carboxylic acids is 1. The van der Waals surface area contributed by atoms with Crippen LogP contribution in [0.25, 0.3) is 0 Å². The maximum atomic E-state index is 12.0. The van der Waals surface area contributed by atoms with Crippen LogP contribution in [0.1, 0.15) is 15.9 Å². The van der Waals surface area contributed by atoms with Gasteiger partial charge in [0.25, 0.3) is 5.91 Å². The number of nitrogens with one attached hydrogen (secondary N) is 1. The van der Waals surface area contributed by atoms with Gasteiger partial charge in [-0.15, -0.1) is 13.2 Å². The van der Waals surface area contributed by atoms with Gasteiger partial charge in [-0.1, -0.05) is 18.2 Å². The molecule has 1 N–H and O–H groups in total. The van der Waals surface area contributed by atoms with E-state index in [1.54, 1.807) is 25.1 Å². The van der Waals surface area contributed by atoms with Gasteiger partial charge in [-0.2, -0.15) is 0 Å². The van der Waals surface area contributed by atoms with E-state index in [2.05, 4.69) is 10.1 Å². The van der Waals surface area contributed by atoms with Crippen LogP contribution in [0.4, 0.5) is 18.9 Å². The molecule has 6 heteroatoms. The fraction of sp³-hybridized carbons (Fsp3) is 0.133. The SMILES string of the molecule is Cc1ccccc1C(=O)Nc1ccc(OC(F)(F)F)cc1. The number of benzene rings is 2. The Balaban J connectivity index is 2.07. The Morgan fingerprint density at radius 3 is 2.24 bits per heavy atom. The van der Waals surface area contributed by atoms with Crippen LogP contribution in [0.2, 0.25) is 0 Å². The van der Waals surface area contributed by atoms with E-state index in [-0.39, 0.29) is 11.7 Å². The number of hydrogen-bond acceptors (Lipinski definition) is 2. The molecule has 1 amide bonds. The largest absolute Gasteiger partial charge is 0.573 e. The van der Waals surface area contributed by atoms with Crippen molar-refractivity contribution in [3.63, 3.8) is 0 Å². The van der Waals surface area contributed by atoms with Crippen molar-refractivity contribution >= 4 is 11.6 Å². The summed E-state index contributed by atoms with van der Waals surface area (Å²) in [5.41, 5.74) is 1.71. The number of halogens is 3. The average molecular weight is 295 g/mol. The maximum absolute atomic E-state index is 12.0. The highest BCUT2D eigenvalue weighted by Crippen LogP contribution is 2.24. The molecule has 0 heterocycles. The summed E-state index contributed by atoms with van der Waals surface area (Å²) in [5.74, 6) is -0.658. The number of hydrogen-bond donors (Lipinski definition) is 1. The van der Waals surface area contributed by atoms with Gasteiger partial charge in [-0.25, -0.2) is 0 Å². The number of ether oxygens (including phenoxy) is 1.